The van der Waals surface area contributed by atoms with Crippen molar-refractivity contribution < 1.29 is 9.47 Å². The first kappa shape index (κ1) is 15.7. The van der Waals surface area contributed by atoms with Gasteiger partial charge in [0.05, 0.1) is 24.7 Å². The molecule has 3 unspecified atom stereocenters. The molecular formula is C14H24ClNO2. The van der Waals surface area contributed by atoms with Crippen LogP contribution >= 0.6 is 11.6 Å². The van der Waals surface area contributed by atoms with Gasteiger partial charge in [0, 0.05) is 13.2 Å². The Balaban J connectivity index is 2.52. The van der Waals surface area contributed by atoms with Crippen LogP contribution < -0.4 is 5.73 Å². The van der Waals surface area contributed by atoms with E-state index < -0.39 is 0 Å². The van der Waals surface area contributed by atoms with Gasteiger partial charge in [0.2, 0.25) is 0 Å². The number of rotatable bonds is 7. The Morgan fingerprint density at radius 3 is 2.72 bits per heavy atom. The minimum Gasteiger partial charge on any atom is -0.382 e. The monoisotopic (exact) mass is 273 g/mol. The molecule has 4 heteroatoms. The van der Waals surface area contributed by atoms with Crippen molar-refractivity contribution in [2.75, 3.05) is 20.3 Å². The van der Waals surface area contributed by atoms with E-state index in [1.54, 1.807) is 7.11 Å². The lowest BCUT2D eigenvalue weighted by molar-refractivity contribution is 0.0414. The molecule has 2 N–H and O–H groups in total. The second-order valence-electron chi connectivity index (χ2n) is 4.99. The lowest BCUT2D eigenvalue weighted by atomic mass is 9.93. The van der Waals surface area contributed by atoms with Gasteiger partial charge in [-0.3, -0.25) is 0 Å². The van der Waals surface area contributed by atoms with E-state index in [-0.39, 0.29) is 17.5 Å². The predicted molar refractivity (Wildman–Crippen MR) is 75.9 cm³/mol. The largest absolute Gasteiger partial charge is 0.382 e. The standard InChI is InChI=1S/C14H24ClNO2/c1-10(2)13(16)8-11-4-5-12(15)14(9-11)18-7-6-17-3/h4-5,9-10,12-14H,6-8,16H2,1-3H3. The topological polar surface area (TPSA) is 44.5 Å². The van der Waals surface area contributed by atoms with E-state index in [9.17, 15) is 0 Å². The summed E-state index contributed by atoms with van der Waals surface area (Å²) < 4.78 is 10.6. The summed E-state index contributed by atoms with van der Waals surface area (Å²) in [4.78, 5) is 0. The van der Waals surface area contributed by atoms with E-state index in [1.165, 1.54) is 5.57 Å². The maximum atomic E-state index is 6.20. The molecule has 0 aromatic rings. The van der Waals surface area contributed by atoms with Crippen molar-refractivity contribution in [1.29, 1.82) is 0 Å². The Morgan fingerprint density at radius 2 is 2.11 bits per heavy atom. The number of hydrogen-bond acceptors (Lipinski definition) is 3. The summed E-state index contributed by atoms with van der Waals surface area (Å²) in [6.07, 6.45) is 6.88. The summed E-state index contributed by atoms with van der Waals surface area (Å²) in [6.45, 7) is 5.40. The van der Waals surface area contributed by atoms with Gasteiger partial charge in [0.1, 0.15) is 0 Å². The summed E-state index contributed by atoms with van der Waals surface area (Å²) >= 11 is 6.20. The second-order valence-corrected chi connectivity index (χ2v) is 5.49. The number of allylic oxidation sites excluding steroid dienone is 1. The molecule has 1 aliphatic rings. The molecule has 0 radical (unpaired) electrons. The third-order valence-electron chi connectivity index (χ3n) is 3.11. The number of methoxy groups -OCH3 is 1. The molecule has 0 saturated heterocycles. The van der Waals surface area contributed by atoms with Gasteiger partial charge in [0.25, 0.3) is 0 Å². The Hall–Kier alpha value is -0.350. The molecule has 3 atom stereocenters. The minimum atomic E-state index is -0.110. The molecule has 104 valence electrons. The number of halogens is 1. The summed E-state index contributed by atoms with van der Waals surface area (Å²) in [5, 5.41) is -0.110. The summed E-state index contributed by atoms with van der Waals surface area (Å²) in [7, 11) is 1.66. The molecule has 0 amide bonds. The average molecular weight is 274 g/mol. The van der Waals surface area contributed by atoms with Crippen molar-refractivity contribution in [3.63, 3.8) is 0 Å². The van der Waals surface area contributed by atoms with E-state index >= 15 is 0 Å². The maximum Gasteiger partial charge on any atom is 0.0961 e. The Bertz CT molecular complexity index is 302. The summed E-state index contributed by atoms with van der Waals surface area (Å²) in [5.41, 5.74) is 7.28. The first-order chi connectivity index (χ1) is 8.54. The number of nitrogens with two attached hydrogens (primary N) is 1. The molecule has 0 spiro atoms. The van der Waals surface area contributed by atoms with Crippen molar-refractivity contribution >= 4 is 11.6 Å². The van der Waals surface area contributed by atoms with Gasteiger partial charge >= 0.3 is 0 Å². The van der Waals surface area contributed by atoms with Gasteiger partial charge in [0.15, 0.2) is 0 Å². The maximum absolute atomic E-state index is 6.20. The zero-order valence-corrected chi connectivity index (χ0v) is 12.2. The van der Waals surface area contributed by atoms with Crippen molar-refractivity contribution in [3.8, 4) is 0 Å². The van der Waals surface area contributed by atoms with E-state index in [2.05, 4.69) is 26.0 Å². The lowest BCUT2D eigenvalue weighted by Gasteiger charge is -2.24. The fraction of sp³-hybridized carbons (Fsp3) is 0.714. The van der Waals surface area contributed by atoms with Crippen LogP contribution in [0.5, 0.6) is 0 Å². The van der Waals surface area contributed by atoms with Crippen LogP contribution in [0.15, 0.2) is 23.8 Å². The van der Waals surface area contributed by atoms with Crippen molar-refractivity contribution in [3.05, 3.63) is 23.8 Å². The van der Waals surface area contributed by atoms with Crippen LogP contribution in [-0.4, -0.2) is 37.8 Å². The first-order valence-electron chi connectivity index (χ1n) is 6.43. The van der Waals surface area contributed by atoms with Gasteiger partial charge in [-0.2, -0.15) is 0 Å². The second kappa shape index (κ2) is 7.95. The van der Waals surface area contributed by atoms with Crippen molar-refractivity contribution in [2.24, 2.45) is 11.7 Å². The van der Waals surface area contributed by atoms with Gasteiger partial charge in [-0.1, -0.05) is 32.1 Å². The highest BCUT2D eigenvalue weighted by molar-refractivity contribution is 6.22. The van der Waals surface area contributed by atoms with Crippen molar-refractivity contribution in [2.45, 2.75) is 37.8 Å². The Kier molecular flexibility index (Phi) is 6.94. The SMILES string of the molecule is COCCOC1C=C(CC(N)C(C)C)C=CC1Cl. The van der Waals surface area contributed by atoms with Crippen molar-refractivity contribution in [1.82, 2.24) is 0 Å². The highest BCUT2D eigenvalue weighted by Gasteiger charge is 2.20. The van der Waals surface area contributed by atoms with Gasteiger partial charge < -0.3 is 15.2 Å². The number of hydrogen-bond donors (Lipinski definition) is 1. The molecule has 0 saturated carbocycles. The van der Waals surface area contributed by atoms with Crippen LogP contribution in [0.2, 0.25) is 0 Å². The van der Waals surface area contributed by atoms with Crippen LogP contribution in [0.25, 0.3) is 0 Å². The fourth-order valence-corrected chi connectivity index (χ4v) is 1.95. The first-order valence-corrected chi connectivity index (χ1v) is 6.87. The highest BCUT2D eigenvalue weighted by atomic mass is 35.5. The van der Waals surface area contributed by atoms with E-state index in [4.69, 9.17) is 26.8 Å². The quantitative estimate of drug-likeness (QED) is 0.573. The molecule has 3 nitrogen and oxygen atoms in total. The summed E-state index contributed by atoms with van der Waals surface area (Å²) in [6, 6.07) is 0.174. The Labute approximate surface area is 115 Å². The van der Waals surface area contributed by atoms with Gasteiger partial charge in [-0.25, -0.2) is 0 Å². The van der Waals surface area contributed by atoms with Crippen LogP contribution in [0, 0.1) is 5.92 Å². The molecule has 18 heavy (non-hydrogen) atoms. The number of ether oxygens (including phenoxy) is 2. The molecular weight excluding hydrogens is 250 g/mol. The zero-order valence-electron chi connectivity index (χ0n) is 11.4. The fourth-order valence-electron chi connectivity index (χ4n) is 1.74. The normalized spacial score (nSPS) is 25.3. The Morgan fingerprint density at radius 1 is 1.39 bits per heavy atom. The minimum absolute atomic E-state index is 0.0822. The van der Waals surface area contributed by atoms with Crippen LogP contribution in [0.3, 0.4) is 0 Å². The lowest BCUT2D eigenvalue weighted by Crippen LogP contribution is -2.29. The smallest absolute Gasteiger partial charge is 0.0961 e. The van der Waals surface area contributed by atoms with E-state index in [0.29, 0.717) is 19.1 Å². The zero-order chi connectivity index (χ0) is 13.5. The van der Waals surface area contributed by atoms with Crippen LogP contribution in [0.1, 0.15) is 20.3 Å². The highest BCUT2D eigenvalue weighted by Crippen LogP contribution is 2.22. The predicted octanol–water partition coefficient (Wildman–Crippen LogP) is 2.50. The number of alkyl halides is 1. The third kappa shape index (κ3) is 5.11. The molecule has 0 bridgehead atoms. The van der Waals surface area contributed by atoms with Crippen LogP contribution in [-0.2, 0) is 9.47 Å². The molecule has 0 aromatic carbocycles. The molecule has 0 fully saturated rings. The molecule has 0 heterocycles. The molecule has 1 aliphatic carbocycles. The van der Waals surface area contributed by atoms with Gasteiger partial charge in [-0.05, 0) is 17.9 Å². The molecule has 0 aromatic heterocycles. The van der Waals surface area contributed by atoms with E-state index in [0.717, 1.165) is 6.42 Å². The third-order valence-corrected chi connectivity index (χ3v) is 3.51. The average Bonchev–Trinajstić information content (AvgIpc) is 2.33. The summed E-state index contributed by atoms with van der Waals surface area (Å²) in [5.74, 6) is 0.473. The molecule has 0 aliphatic heterocycles. The van der Waals surface area contributed by atoms with Crippen LogP contribution in [0.4, 0.5) is 0 Å². The van der Waals surface area contributed by atoms with E-state index in [1.807, 2.05) is 6.08 Å². The molecule has 1 rings (SSSR count). The van der Waals surface area contributed by atoms with Gasteiger partial charge in [-0.15, -0.1) is 11.6 Å².